The lowest BCUT2D eigenvalue weighted by Gasteiger charge is -2.25. The lowest BCUT2D eigenvalue weighted by Crippen LogP contribution is -2.41. The van der Waals surface area contributed by atoms with E-state index in [0.29, 0.717) is 18.6 Å². The molecule has 1 aliphatic heterocycles. The number of hydrogen-bond acceptors (Lipinski definition) is 3. The number of nitrogens with one attached hydrogen (secondary N) is 1. The molecule has 2 unspecified atom stereocenters. The molecule has 3 rings (SSSR count). The van der Waals surface area contributed by atoms with E-state index >= 15 is 0 Å². The summed E-state index contributed by atoms with van der Waals surface area (Å²) >= 11 is 0. The molecule has 1 aromatic carbocycles. The van der Waals surface area contributed by atoms with E-state index in [0.717, 1.165) is 44.8 Å². The summed E-state index contributed by atoms with van der Waals surface area (Å²) in [5.41, 5.74) is 1.25. The Morgan fingerprint density at radius 2 is 2.04 bits per heavy atom. The summed E-state index contributed by atoms with van der Waals surface area (Å²) in [6.45, 7) is 9.84. The van der Waals surface area contributed by atoms with Gasteiger partial charge in [-0.2, -0.15) is 0 Å². The second-order valence-electron chi connectivity index (χ2n) is 8.04. The van der Waals surface area contributed by atoms with Crippen LogP contribution in [-0.4, -0.2) is 67.7 Å². The summed E-state index contributed by atoms with van der Waals surface area (Å²) in [4.78, 5) is 9.83. The highest BCUT2D eigenvalue weighted by molar-refractivity contribution is 14.0. The van der Waals surface area contributed by atoms with Crippen LogP contribution in [-0.2, 0) is 11.3 Å². The standard InChI is InChI=1S/C22H36N4O.HI/c1-4-23-22(24-14-18(2)25(3)21-10-11-21)26-13-12-20(15-26)17-27-16-19-8-6-5-7-9-19;/h5-9,18,20-21H,4,10-17H2,1-3H3,(H,23,24);1H. The zero-order valence-electron chi connectivity index (χ0n) is 17.6. The zero-order chi connectivity index (χ0) is 19.1. The highest BCUT2D eigenvalue weighted by atomic mass is 127. The average Bonchev–Trinajstić information content (AvgIpc) is 3.44. The number of benzene rings is 1. The van der Waals surface area contributed by atoms with E-state index in [1.807, 2.05) is 6.07 Å². The molecule has 5 nitrogen and oxygen atoms in total. The molecule has 2 atom stereocenters. The fraction of sp³-hybridized carbons (Fsp3) is 0.682. The highest BCUT2D eigenvalue weighted by Gasteiger charge is 2.29. The first-order chi connectivity index (χ1) is 13.2. The Morgan fingerprint density at radius 1 is 1.29 bits per heavy atom. The number of nitrogens with zero attached hydrogens (tertiary/aromatic N) is 3. The van der Waals surface area contributed by atoms with E-state index in [4.69, 9.17) is 9.73 Å². The SMILES string of the molecule is CCNC(=NCC(C)N(C)C1CC1)N1CCC(COCc2ccccc2)C1.I. The van der Waals surface area contributed by atoms with E-state index in [2.05, 4.69) is 60.3 Å². The van der Waals surface area contributed by atoms with Crippen LogP contribution in [0.1, 0.15) is 38.7 Å². The summed E-state index contributed by atoms with van der Waals surface area (Å²) < 4.78 is 5.96. The topological polar surface area (TPSA) is 40.1 Å². The van der Waals surface area contributed by atoms with Gasteiger partial charge in [-0.25, -0.2) is 0 Å². The van der Waals surface area contributed by atoms with Crippen LogP contribution in [0.5, 0.6) is 0 Å². The average molecular weight is 500 g/mol. The van der Waals surface area contributed by atoms with Crippen molar-refractivity contribution in [1.82, 2.24) is 15.1 Å². The van der Waals surface area contributed by atoms with E-state index < -0.39 is 0 Å². The van der Waals surface area contributed by atoms with Crippen molar-refractivity contribution < 1.29 is 4.74 Å². The third kappa shape index (κ3) is 7.19. The Hall–Kier alpha value is -0.860. The summed E-state index contributed by atoms with van der Waals surface area (Å²) in [6.07, 6.45) is 3.87. The Kier molecular flexibility index (Phi) is 10.0. The van der Waals surface area contributed by atoms with Gasteiger partial charge in [0.2, 0.25) is 0 Å². The lowest BCUT2D eigenvalue weighted by atomic mass is 10.1. The molecule has 0 spiro atoms. The van der Waals surface area contributed by atoms with Crippen LogP contribution < -0.4 is 5.32 Å². The molecule has 0 aromatic heterocycles. The summed E-state index contributed by atoms with van der Waals surface area (Å²) in [7, 11) is 2.24. The molecule has 0 radical (unpaired) electrons. The number of hydrogen-bond donors (Lipinski definition) is 1. The number of likely N-dealkylation sites (N-methyl/N-ethyl adjacent to an activating group) is 1. The largest absolute Gasteiger partial charge is 0.376 e. The molecule has 2 aliphatic rings. The van der Waals surface area contributed by atoms with Gasteiger partial charge in [0, 0.05) is 37.6 Å². The van der Waals surface area contributed by atoms with Crippen LogP contribution in [0.15, 0.2) is 35.3 Å². The number of likely N-dealkylation sites (tertiary alicyclic amines) is 1. The van der Waals surface area contributed by atoms with Gasteiger partial charge in [-0.1, -0.05) is 30.3 Å². The van der Waals surface area contributed by atoms with Gasteiger partial charge in [0.1, 0.15) is 0 Å². The van der Waals surface area contributed by atoms with E-state index in [9.17, 15) is 0 Å². The van der Waals surface area contributed by atoms with Gasteiger partial charge >= 0.3 is 0 Å². The first kappa shape index (κ1) is 23.4. The summed E-state index contributed by atoms with van der Waals surface area (Å²) in [6, 6.07) is 11.7. The molecule has 1 N–H and O–H groups in total. The first-order valence-corrected chi connectivity index (χ1v) is 10.5. The van der Waals surface area contributed by atoms with E-state index in [1.165, 1.54) is 24.8 Å². The van der Waals surface area contributed by atoms with E-state index in [1.54, 1.807) is 0 Å². The van der Waals surface area contributed by atoms with Crippen LogP contribution in [0.4, 0.5) is 0 Å². The Balaban J connectivity index is 0.00000280. The fourth-order valence-electron chi connectivity index (χ4n) is 3.69. The predicted octanol–water partition coefficient (Wildman–Crippen LogP) is 3.59. The van der Waals surface area contributed by atoms with Crippen LogP contribution in [0, 0.1) is 5.92 Å². The van der Waals surface area contributed by atoms with Crippen molar-refractivity contribution in [3.8, 4) is 0 Å². The number of halogens is 1. The van der Waals surface area contributed by atoms with Crippen LogP contribution >= 0.6 is 24.0 Å². The van der Waals surface area contributed by atoms with Gasteiger partial charge in [0.25, 0.3) is 0 Å². The minimum Gasteiger partial charge on any atom is -0.376 e. The quantitative estimate of drug-likeness (QED) is 0.320. The van der Waals surface area contributed by atoms with Crippen molar-refractivity contribution in [2.45, 2.75) is 51.8 Å². The molecule has 0 bridgehead atoms. The van der Waals surface area contributed by atoms with Crippen LogP contribution in [0.25, 0.3) is 0 Å². The maximum Gasteiger partial charge on any atom is 0.193 e. The Bertz CT molecular complexity index is 593. The minimum absolute atomic E-state index is 0. The van der Waals surface area contributed by atoms with Crippen LogP contribution in [0.3, 0.4) is 0 Å². The smallest absolute Gasteiger partial charge is 0.193 e. The Labute approximate surface area is 187 Å². The van der Waals surface area contributed by atoms with Crippen molar-refractivity contribution in [3.05, 3.63) is 35.9 Å². The minimum atomic E-state index is 0. The van der Waals surface area contributed by atoms with Crippen molar-refractivity contribution in [1.29, 1.82) is 0 Å². The summed E-state index contributed by atoms with van der Waals surface area (Å²) in [5.74, 6) is 1.66. The molecule has 1 saturated heterocycles. The molecule has 28 heavy (non-hydrogen) atoms. The molecule has 158 valence electrons. The molecular formula is C22H37IN4O. The predicted molar refractivity (Wildman–Crippen MR) is 127 cm³/mol. The molecular weight excluding hydrogens is 463 g/mol. The zero-order valence-corrected chi connectivity index (χ0v) is 20.0. The number of ether oxygens (including phenoxy) is 1. The van der Waals surface area contributed by atoms with Crippen molar-refractivity contribution in [2.24, 2.45) is 10.9 Å². The number of guanidine groups is 1. The first-order valence-electron chi connectivity index (χ1n) is 10.5. The second-order valence-corrected chi connectivity index (χ2v) is 8.04. The van der Waals surface area contributed by atoms with Gasteiger partial charge in [-0.15, -0.1) is 24.0 Å². The molecule has 1 aliphatic carbocycles. The molecule has 6 heteroatoms. The fourth-order valence-corrected chi connectivity index (χ4v) is 3.69. The number of aliphatic imine (C=N–C) groups is 1. The normalized spacial score (nSPS) is 20.9. The molecule has 0 amide bonds. The highest BCUT2D eigenvalue weighted by Crippen LogP contribution is 2.27. The molecule has 1 aromatic rings. The Morgan fingerprint density at radius 3 is 2.71 bits per heavy atom. The van der Waals surface area contributed by atoms with Crippen molar-refractivity contribution >= 4 is 29.9 Å². The number of rotatable bonds is 9. The second kappa shape index (κ2) is 12.0. The molecule has 2 fully saturated rings. The lowest BCUT2D eigenvalue weighted by molar-refractivity contribution is 0.0906. The van der Waals surface area contributed by atoms with Crippen molar-refractivity contribution in [3.63, 3.8) is 0 Å². The van der Waals surface area contributed by atoms with Gasteiger partial charge in [0.15, 0.2) is 5.96 Å². The third-order valence-electron chi connectivity index (χ3n) is 5.71. The maximum absolute atomic E-state index is 5.96. The maximum atomic E-state index is 5.96. The van der Waals surface area contributed by atoms with Gasteiger partial charge in [0.05, 0.1) is 19.8 Å². The monoisotopic (exact) mass is 500 g/mol. The summed E-state index contributed by atoms with van der Waals surface area (Å²) in [5, 5.41) is 3.48. The van der Waals surface area contributed by atoms with Gasteiger partial charge < -0.3 is 15.0 Å². The van der Waals surface area contributed by atoms with Gasteiger partial charge in [-0.05, 0) is 45.7 Å². The van der Waals surface area contributed by atoms with Gasteiger partial charge in [-0.3, -0.25) is 9.89 Å². The van der Waals surface area contributed by atoms with E-state index in [-0.39, 0.29) is 24.0 Å². The third-order valence-corrected chi connectivity index (χ3v) is 5.71. The van der Waals surface area contributed by atoms with Crippen LogP contribution in [0.2, 0.25) is 0 Å². The molecule has 1 saturated carbocycles. The molecule has 1 heterocycles. The van der Waals surface area contributed by atoms with Crippen molar-refractivity contribution in [2.75, 3.05) is 39.8 Å².